The van der Waals surface area contributed by atoms with Crippen LogP contribution in [0.3, 0.4) is 0 Å². The lowest BCUT2D eigenvalue weighted by molar-refractivity contribution is -0.141. The van der Waals surface area contributed by atoms with E-state index in [2.05, 4.69) is 4.99 Å². The summed E-state index contributed by atoms with van der Waals surface area (Å²) in [6.45, 7) is -0.0760. The lowest BCUT2D eigenvalue weighted by Gasteiger charge is -2.17. The minimum atomic E-state index is -0.442. The molecule has 1 aromatic carbocycles. The van der Waals surface area contributed by atoms with Gasteiger partial charge in [-0.1, -0.05) is 53.8 Å². The molecule has 0 spiro atoms. The Balaban J connectivity index is 2.11. The molecule has 134 valence electrons. The zero-order valence-electron chi connectivity index (χ0n) is 13.8. The Morgan fingerprint density at radius 3 is 2.68 bits per heavy atom. The highest BCUT2D eigenvalue weighted by Gasteiger charge is 2.22. The molecule has 5 nitrogen and oxygen atoms in total. The highest BCUT2D eigenvalue weighted by Crippen LogP contribution is 2.32. The zero-order valence-corrected chi connectivity index (χ0v) is 16.1. The molecule has 3 rings (SSSR count). The molecule has 1 aliphatic rings. The molecule has 8 heteroatoms. The van der Waals surface area contributed by atoms with Gasteiger partial charge in [-0.25, -0.2) is 0 Å². The van der Waals surface area contributed by atoms with Crippen molar-refractivity contribution in [3.63, 3.8) is 0 Å². The minimum absolute atomic E-state index is 0.0374. The topological polar surface area (TPSA) is 60.7 Å². The Hall–Kier alpha value is -1.37. The van der Waals surface area contributed by atoms with Gasteiger partial charge in [0.2, 0.25) is 0 Å². The van der Waals surface area contributed by atoms with Crippen molar-refractivity contribution in [3.05, 3.63) is 27.0 Å². The molecule has 0 N–H and O–H groups in total. The maximum absolute atomic E-state index is 12.6. The Morgan fingerprint density at radius 1 is 1.28 bits per heavy atom. The molecule has 1 amide bonds. The second-order valence-electron chi connectivity index (χ2n) is 6.04. The first-order valence-corrected chi connectivity index (χ1v) is 9.71. The first kappa shape index (κ1) is 18.4. The molecule has 1 saturated carbocycles. The maximum Gasteiger partial charge on any atom is 0.325 e. The van der Waals surface area contributed by atoms with Crippen molar-refractivity contribution in [2.24, 2.45) is 10.9 Å². The van der Waals surface area contributed by atoms with Crippen LogP contribution in [0.5, 0.6) is 0 Å². The Kier molecular flexibility index (Phi) is 5.81. The van der Waals surface area contributed by atoms with E-state index in [9.17, 15) is 9.59 Å². The smallest absolute Gasteiger partial charge is 0.325 e. The Morgan fingerprint density at radius 2 is 2.00 bits per heavy atom. The predicted molar refractivity (Wildman–Crippen MR) is 99.0 cm³/mol. The van der Waals surface area contributed by atoms with Crippen molar-refractivity contribution in [1.82, 2.24) is 4.57 Å². The number of carbonyl (C=O) groups excluding carboxylic acids is 2. The van der Waals surface area contributed by atoms with Gasteiger partial charge >= 0.3 is 5.97 Å². The molecule has 0 unspecified atom stereocenters. The van der Waals surface area contributed by atoms with Crippen LogP contribution in [0.25, 0.3) is 10.2 Å². The highest BCUT2D eigenvalue weighted by atomic mass is 35.5. The first-order chi connectivity index (χ1) is 12.0. The monoisotopic (exact) mass is 400 g/mol. The zero-order chi connectivity index (χ0) is 18.0. The van der Waals surface area contributed by atoms with Crippen LogP contribution in [-0.2, 0) is 20.9 Å². The van der Waals surface area contributed by atoms with Crippen LogP contribution < -0.4 is 4.80 Å². The van der Waals surface area contributed by atoms with Gasteiger partial charge in [-0.15, -0.1) is 0 Å². The van der Waals surface area contributed by atoms with Crippen LogP contribution in [0.4, 0.5) is 0 Å². The second kappa shape index (κ2) is 7.89. The molecule has 0 aliphatic heterocycles. The van der Waals surface area contributed by atoms with Gasteiger partial charge in [0.25, 0.3) is 5.91 Å². The molecule has 1 fully saturated rings. The fraction of sp³-hybridized carbons (Fsp3) is 0.471. The summed E-state index contributed by atoms with van der Waals surface area (Å²) < 4.78 is 7.19. The molecule has 0 atom stereocenters. The van der Waals surface area contributed by atoms with Gasteiger partial charge < -0.3 is 9.30 Å². The number of aromatic nitrogens is 1. The van der Waals surface area contributed by atoms with Gasteiger partial charge in [0, 0.05) is 5.92 Å². The summed E-state index contributed by atoms with van der Waals surface area (Å²) in [6, 6.07) is 3.50. The molecule has 1 aliphatic carbocycles. The third-order valence-electron chi connectivity index (χ3n) is 4.41. The van der Waals surface area contributed by atoms with Crippen molar-refractivity contribution in [2.45, 2.75) is 38.6 Å². The molecular weight excluding hydrogens is 383 g/mol. The van der Waals surface area contributed by atoms with Crippen molar-refractivity contribution in [3.8, 4) is 0 Å². The van der Waals surface area contributed by atoms with Gasteiger partial charge in [0.15, 0.2) is 4.80 Å². The average molecular weight is 401 g/mol. The van der Waals surface area contributed by atoms with Crippen LogP contribution in [0, 0.1) is 5.92 Å². The van der Waals surface area contributed by atoms with Crippen molar-refractivity contribution < 1.29 is 14.3 Å². The number of nitrogens with zero attached hydrogens (tertiary/aromatic N) is 2. The Labute approximate surface area is 159 Å². The normalized spacial score (nSPS) is 16.4. The molecular formula is C17H18Cl2N2O3S. The van der Waals surface area contributed by atoms with Crippen molar-refractivity contribution >= 4 is 56.6 Å². The summed E-state index contributed by atoms with van der Waals surface area (Å²) in [6.07, 6.45) is 5.03. The lowest BCUT2D eigenvalue weighted by atomic mass is 9.89. The van der Waals surface area contributed by atoms with Crippen molar-refractivity contribution in [1.29, 1.82) is 0 Å². The minimum Gasteiger partial charge on any atom is -0.468 e. The van der Waals surface area contributed by atoms with E-state index in [1.54, 1.807) is 10.6 Å². The number of hydrogen-bond donors (Lipinski definition) is 0. The molecule has 1 heterocycles. The number of fused-ring (bicyclic) bond motifs is 1. The first-order valence-electron chi connectivity index (χ1n) is 8.14. The number of benzene rings is 1. The van der Waals surface area contributed by atoms with E-state index >= 15 is 0 Å². The summed E-state index contributed by atoms with van der Waals surface area (Å²) in [4.78, 5) is 29.1. The fourth-order valence-corrected chi connectivity index (χ4v) is 4.58. The van der Waals surface area contributed by atoms with Crippen LogP contribution >= 0.6 is 34.5 Å². The number of ether oxygens (including phenoxy) is 1. The second-order valence-corrected chi connectivity index (χ2v) is 7.83. The summed E-state index contributed by atoms with van der Waals surface area (Å²) >= 11 is 13.8. The molecule has 0 saturated heterocycles. The van der Waals surface area contributed by atoms with E-state index in [4.69, 9.17) is 27.9 Å². The molecule has 0 radical (unpaired) electrons. The lowest BCUT2D eigenvalue weighted by Crippen LogP contribution is -2.25. The van der Waals surface area contributed by atoms with Crippen LogP contribution in [0.2, 0.25) is 10.0 Å². The summed E-state index contributed by atoms with van der Waals surface area (Å²) in [5.41, 5.74) is 0.597. The third kappa shape index (κ3) is 3.91. The number of esters is 1. The number of halogens is 2. The number of carbonyl (C=O) groups is 2. The number of rotatable bonds is 3. The van der Waals surface area contributed by atoms with Gasteiger partial charge in [0.1, 0.15) is 6.54 Å². The highest BCUT2D eigenvalue weighted by molar-refractivity contribution is 7.16. The molecule has 1 aromatic heterocycles. The quantitative estimate of drug-likeness (QED) is 0.725. The van der Waals surface area contributed by atoms with E-state index in [1.807, 2.05) is 6.07 Å². The van der Waals surface area contributed by atoms with Gasteiger partial charge in [-0.2, -0.15) is 4.99 Å². The van der Waals surface area contributed by atoms with E-state index in [0.29, 0.717) is 20.4 Å². The standard InChI is InChI=1S/C17H18Cl2N2O3S/c1-24-13(22)9-21-15-12(8-7-11(18)14(15)19)25-17(21)20-16(23)10-5-3-2-4-6-10/h7-8,10H,2-6,9H2,1H3. The summed E-state index contributed by atoms with van der Waals surface area (Å²) in [7, 11) is 1.32. The molecule has 25 heavy (non-hydrogen) atoms. The fourth-order valence-electron chi connectivity index (χ4n) is 3.06. The van der Waals surface area contributed by atoms with E-state index in [1.165, 1.54) is 24.9 Å². The summed E-state index contributed by atoms with van der Waals surface area (Å²) in [5, 5.41) is 0.724. The summed E-state index contributed by atoms with van der Waals surface area (Å²) in [5.74, 6) is -0.612. The van der Waals surface area contributed by atoms with Gasteiger partial charge in [0.05, 0.1) is 27.4 Å². The van der Waals surface area contributed by atoms with Crippen LogP contribution in [0.15, 0.2) is 17.1 Å². The molecule has 2 aromatic rings. The number of amides is 1. The predicted octanol–water partition coefficient (Wildman–Crippen LogP) is 4.19. The molecule has 0 bridgehead atoms. The largest absolute Gasteiger partial charge is 0.468 e. The Bertz CT molecular complexity index is 882. The number of methoxy groups -OCH3 is 1. The maximum atomic E-state index is 12.6. The van der Waals surface area contributed by atoms with E-state index < -0.39 is 5.97 Å². The van der Waals surface area contributed by atoms with Crippen LogP contribution in [0.1, 0.15) is 32.1 Å². The SMILES string of the molecule is COC(=O)Cn1c(=NC(=O)C2CCCCC2)sc2ccc(Cl)c(Cl)c21. The van der Waals surface area contributed by atoms with Crippen LogP contribution in [-0.4, -0.2) is 23.6 Å². The van der Waals surface area contributed by atoms with Crippen molar-refractivity contribution in [2.75, 3.05) is 7.11 Å². The third-order valence-corrected chi connectivity index (χ3v) is 6.25. The number of thiazole rings is 1. The van der Waals surface area contributed by atoms with Gasteiger partial charge in [-0.3, -0.25) is 9.59 Å². The van der Waals surface area contributed by atoms with Gasteiger partial charge in [-0.05, 0) is 25.0 Å². The van der Waals surface area contributed by atoms with E-state index in [-0.39, 0.29) is 18.4 Å². The van der Waals surface area contributed by atoms with E-state index in [0.717, 1.165) is 30.4 Å². The number of hydrogen-bond acceptors (Lipinski definition) is 4. The average Bonchev–Trinajstić information content (AvgIpc) is 2.96.